The third-order valence-electron chi connectivity index (χ3n) is 3.24. The van der Waals surface area contributed by atoms with Crippen LogP contribution in [0.2, 0.25) is 0 Å². The van der Waals surface area contributed by atoms with Gasteiger partial charge in [-0.1, -0.05) is 13.8 Å². The van der Waals surface area contributed by atoms with Gasteiger partial charge in [-0.15, -0.1) is 0 Å². The van der Waals surface area contributed by atoms with Crippen LogP contribution in [0.15, 0.2) is 23.1 Å². The SMILES string of the molecule is COCCC(C)(C)CNS(=O)(=O)c1ccc(OC)c(N)c1. The Bertz CT molecular complexity index is 570. The van der Waals surface area contributed by atoms with Gasteiger partial charge in [-0.2, -0.15) is 0 Å². The lowest BCUT2D eigenvalue weighted by atomic mass is 9.90. The second kappa shape index (κ2) is 7.11. The summed E-state index contributed by atoms with van der Waals surface area (Å²) in [6, 6.07) is 4.41. The van der Waals surface area contributed by atoms with Crippen LogP contribution in [0.3, 0.4) is 0 Å². The molecule has 1 aromatic carbocycles. The summed E-state index contributed by atoms with van der Waals surface area (Å²) in [4.78, 5) is 0.128. The standard InChI is InChI=1S/C14H24N2O4S/c1-14(2,7-8-19-3)10-16-21(17,18)11-5-6-13(20-4)12(15)9-11/h5-6,9,16H,7-8,10,15H2,1-4H3. The van der Waals surface area contributed by atoms with Gasteiger partial charge >= 0.3 is 0 Å². The maximum Gasteiger partial charge on any atom is 0.240 e. The minimum atomic E-state index is -3.59. The first-order chi connectivity index (χ1) is 9.72. The zero-order valence-electron chi connectivity index (χ0n) is 13.0. The van der Waals surface area contributed by atoms with Crippen molar-refractivity contribution in [1.82, 2.24) is 4.72 Å². The number of nitrogens with one attached hydrogen (secondary N) is 1. The zero-order valence-corrected chi connectivity index (χ0v) is 13.8. The lowest BCUT2D eigenvalue weighted by molar-refractivity contribution is 0.153. The van der Waals surface area contributed by atoms with Crippen LogP contribution in [0.4, 0.5) is 5.69 Å². The average Bonchev–Trinajstić information content (AvgIpc) is 2.43. The van der Waals surface area contributed by atoms with Crippen LogP contribution in [0.5, 0.6) is 5.75 Å². The fourth-order valence-electron chi connectivity index (χ4n) is 1.72. The molecule has 3 N–H and O–H groups in total. The molecule has 0 saturated carbocycles. The maximum atomic E-state index is 12.3. The Balaban J connectivity index is 2.80. The molecule has 7 heteroatoms. The van der Waals surface area contributed by atoms with Gasteiger partial charge in [-0.05, 0) is 30.0 Å². The second-order valence-corrected chi connectivity index (χ2v) is 7.40. The molecule has 0 aromatic heterocycles. The molecular weight excluding hydrogens is 292 g/mol. The third-order valence-corrected chi connectivity index (χ3v) is 4.63. The summed E-state index contributed by atoms with van der Waals surface area (Å²) in [5.41, 5.74) is 5.84. The Kier molecular flexibility index (Phi) is 6.00. The number of hydrogen-bond acceptors (Lipinski definition) is 5. The van der Waals surface area contributed by atoms with Gasteiger partial charge in [0, 0.05) is 20.3 Å². The van der Waals surface area contributed by atoms with Crippen LogP contribution in [0.25, 0.3) is 0 Å². The minimum absolute atomic E-state index is 0.128. The lowest BCUT2D eigenvalue weighted by Crippen LogP contribution is -2.34. The summed E-state index contributed by atoms with van der Waals surface area (Å²) < 4.78 is 37.2. The van der Waals surface area contributed by atoms with E-state index in [0.717, 1.165) is 6.42 Å². The number of anilines is 1. The topological polar surface area (TPSA) is 90.6 Å². The van der Waals surface area contributed by atoms with E-state index in [1.54, 1.807) is 13.2 Å². The number of sulfonamides is 1. The molecule has 0 aliphatic rings. The van der Waals surface area contributed by atoms with Crippen molar-refractivity contribution in [1.29, 1.82) is 0 Å². The first kappa shape index (κ1) is 17.7. The van der Waals surface area contributed by atoms with Gasteiger partial charge in [0.05, 0.1) is 17.7 Å². The number of benzene rings is 1. The second-order valence-electron chi connectivity index (χ2n) is 5.64. The first-order valence-corrected chi connectivity index (χ1v) is 8.12. The molecule has 120 valence electrons. The molecule has 0 atom stereocenters. The number of methoxy groups -OCH3 is 2. The van der Waals surface area contributed by atoms with Gasteiger partial charge in [-0.3, -0.25) is 0 Å². The molecule has 0 bridgehead atoms. The quantitative estimate of drug-likeness (QED) is 0.711. The fourth-order valence-corrected chi connectivity index (χ4v) is 3.00. The van der Waals surface area contributed by atoms with Gasteiger partial charge in [-0.25, -0.2) is 13.1 Å². The molecule has 0 saturated heterocycles. The normalized spacial score (nSPS) is 12.4. The van der Waals surface area contributed by atoms with Gasteiger partial charge in [0.1, 0.15) is 5.75 Å². The molecule has 0 fully saturated rings. The van der Waals surface area contributed by atoms with Gasteiger partial charge < -0.3 is 15.2 Å². The highest BCUT2D eigenvalue weighted by Gasteiger charge is 2.22. The summed E-state index contributed by atoms with van der Waals surface area (Å²) in [5.74, 6) is 0.453. The monoisotopic (exact) mass is 316 g/mol. The number of ether oxygens (including phenoxy) is 2. The number of hydrogen-bond donors (Lipinski definition) is 2. The first-order valence-electron chi connectivity index (χ1n) is 6.64. The molecular formula is C14H24N2O4S. The molecule has 0 aliphatic heterocycles. The Hall–Kier alpha value is -1.31. The third kappa shape index (κ3) is 5.18. The zero-order chi connectivity index (χ0) is 16.1. The van der Waals surface area contributed by atoms with Gasteiger partial charge in [0.2, 0.25) is 10.0 Å². The summed E-state index contributed by atoms with van der Waals surface area (Å²) >= 11 is 0. The minimum Gasteiger partial charge on any atom is -0.495 e. The van der Waals surface area contributed by atoms with E-state index in [0.29, 0.717) is 24.6 Å². The summed E-state index contributed by atoms with van der Waals surface area (Å²) in [7, 11) is -0.484. The molecule has 0 aliphatic carbocycles. The van der Waals surface area contributed by atoms with E-state index in [1.807, 2.05) is 13.8 Å². The molecule has 0 amide bonds. The Morgan fingerprint density at radius 1 is 1.29 bits per heavy atom. The average molecular weight is 316 g/mol. The Morgan fingerprint density at radius 2 is 1.95 bits per heavy atom. The summed E-state index contributed by atoms with van der Waals surface area (Å²) in [6.07, 6.45) is 0.761. The molecule has 0 spiro atoms. The van der Waals surface area contributed by atoms with Gasteiger partial charge in [0.15, 0.2) is 0 Å². The maximum absolute atomic E-state index is 12.3. The van der Waals surface area contributed by atoms with E-state index >= 15 is 0 Å². The highest BCUT2D eigenvalue weighted by molar-refractivity contribution is 7.89. The molecule has 1 rings (SSSR count). The van der Waals surface area contributed by atoms with Crippen molar-refractivity contribution in [2.75, 3.05) is 33.1 Å². The summed E-state index contributed by atoms with van der Waals surface area (Å²) in [5, 5.41) is 0. The fraction of sp³-hybridized carbons (Fsp3) is 0.571. The van der Waals surface area contributed by atoms with Crippen LogP contribution in [0, 0.1) is 5.41 Å². The van der Waals surface area contributed by atoms with E-state index in [4.69, 9.17) is 15.2 Å². The van der Waals surface area contributed by atoms with E-state index in [-0.39, 0.29) is 10.3 Å². The molecule has 0 heterocycles. The highest BCUT2D eigenvalue weighted by atomic mass is 32.2. The van der Waals surface area contributed by atoms with Crippen molar-refractivity contribution in [2.24, 2.45) is 5.41 Å². The lowest BCUT2D eigenvalue weighted by Gasteiger charge is -2.24. The van der Waals surface area contributed by atoms with Crippen molar-refractivity contribution in [3.05, 3.63) is 18.2 Å². The van der Waals surface area contributed by atoms with Crippen LogP contribution in [-0.4, -0.2) is 35.8 Å². The molecule has 0 radical (unpaired) electrons. The van der Waals surface area contributed by atoms with Crippen molar-refractivity contribution < 1.29 is 17.9 Å². The van der Waals surface area contributed by atoms with Crippen LogP contribution in [-0.2, 0) is 14.8 Å². The molecule has 6 nitrogen and oxygen atoms in total. The van der Waals surface area contributed by atoms with E-state index in [9.17, 15) is 8.42 Å². The van der Waals surface area contributed by atoms with Crippen LogP contribution in [0.1, 0.15) is 20.3 Å². The molecule has 1 aromatic rings. The molecule has 0 unspecified atom stereocenters. The van der Waals surface area contributed by atoms with Gasteiger partial charge in [0.25, 0.3) is 0 Å². The predicted molar refractivity (Wildman–Crippen MR) is 82.9 cm³/mol. The smallest absolute Gasteiger partial charge is 0.240 e. The summed E-state index contributed by atoms with van der Waals surface area (Å²) in [6.45, 7) is 4.88. The number of rotatable bonds is 8. The van der Waals surface area contributed by atoms with Crippen LogP contribution >= 0.6 is 0 Å². The number of nitrogens with two attached hydrogens (primary N) is 1. The Morgan fingerprint density at radius 3 is 2.48 bits per heavy atom. The van der Waals surface area contributed by atoms with Crippen LogP contribution < -0.4 is 15.2 Å². The Labute approximate surface area is 126 Å². The largest absolute Gasteiger partial charge is 0.495 e. The number of nitrogen functional groups attached to an aromatic ring is 1. The van der Waals surface area contributed by atoms with Crippen molar-refractivity contribution in [2.45, 2.75) is 25.2 Å². The van der Waals surface area contributed by atoms with Crippen molar-refractivity contribution in [3.8, 4) is 5.75 Å². The van der Waals surface area contributed by atoms with Crippen molar-refractivity contribution >= 4 is 15.7 Å². The van der Waals surface area contributed by atoms with Crippen molar-refractivity contribution in [3.63, 3.8) is 0 Å². The van der Waals surface area contributed by atoms with E-state index < -0.39 is 10.0 Å². The predicted octanol–water partition coefficient (Wildman–Crippen LogP) is 1.62. The highest BCUT2D eigenvalue weighted by Crippen LogP contribution is 2.25. The molecule has 21 heavy (non-hydrogen) atoms. The van der Waals surface area contributed by atoms with E-state index in [1.165, 1.54) is 19.2 Å². The van der Waals surface area contributed by atoms with E-state index in [2.05, 4.69) is 4.72 Å².